The van der Waals surface area contributed by atoms with Crippen LogP contribution >= 0.6 is 38.5 Å². The molecule has 0 radical (unpaired) electrons. The minimum absolute atomic E-state index is 0.00288. The molecule has 1 aromatic carbocycles. The van der Waals surface area contributed by atoms with Gasteiger partial charge in [0.2, 0.25) is 11.8 Å². The van der Waals surface area contributed by atoms with Gasteiger partial charge >= 0.3 is 0 Å². The van der Waals surface area contributed by atoms with Crippen LogP contribution in [0, 0.1) is 8.99 Å². The molecule has 19 heavy (non-hydrogen) atoms. The van der Waals surface area contributed by atoms with Crippen LogP contribution in [0.3, 0.4) is 0 Å². The van der Waals surface area contributed by atoms with E-state index >= 15 is 0 Å². The van der Waals surface area contributed by atoms with Crippen LogP contribution in [0.15, 0.2) is 22.7 Å². The second-order valence-corrected chi connectivity index (χ2v) is 7.31. The summed E-state index contributed by atoms with van der Waals surface area (Å²) in [6, 6.07) is 5.61. The minimum atomic E-state index is -0.396. The van der Waals surface area contributed by atoms with Gasteiger partial charge in [-0.1, -0.05) is 12.8 Å². The molecule has 100 valence electrons. The third kappa shape index (κ3) is 2.14. The molecule has 2 aliphatic rings. The first kappa shape index (κ1) is 13.5. The summed E-state index contributed by atoms with van der Waals surface area (Å²) in [4.78, 5) is 26.2. The Hall–Kier alpha value is -0.430. The van der Waals surface area contributed by atoms with Crippen LogP contribution in [-0.2, 0) is 9.59 Å². The topological polar surface area (TPSA) is 37.4 Å². The van der Waals surface area contributed by atoms with E-state index in [0.717, 1.165) is 33.7 Å². The van der Waals surface area contributed by atoms with Crippen molar-refractivity contribution < 1.29 is 9.59 Å². The van der Waals surface area contributed by atoms with Gasteiger partial charge in [0.25, 0.3) is 0 Å². The SMILES string of the molecule is O=C1CC2(CCCC2)C(=O)N1c1ccc(I)c(Br)c1. The van der Waals surface area contributed by atoms with Gasteiger partial charge in [0.05, 0.1) is 11.1 Å². The summed E-state index contributed by atoms with van der Waals surface area (Å²) in [5.74, 6) is -0.0527. The van der Waals surface area contributed by atoms with Gasteiger partial charge in [0.1, 0.15) is 0 Å². The van der Waals surface area contributed by atoms with E-state index in [0.29, 0.717) is 12.1 Å². The summed E-state index contributed by atoms with van der Waals surface area (Å²) < 4.78 is 1.98. The predicted molar refractivity (Wildman–Crippen MR) is 84.9 cm³/mol. The number of carbonyl (C=O) groups is 2. The fraction of sp³-hybridized carbons (Fsp3) is 0.429. The number of hydrogen-bond donors (Lipinski definition) is 0. The molecule has 0 atom stereocenters. The van der Waals surface area contributed by atoms with E-state index in [-0.39, 0.29) is 11.8 Å². The third-order valence-corrected chi connectivity index (χ3v) is 6.46. The highest BCUT2D eigenvalue weighted by Gasteiger charge is 2.53. The Labute approximate surface area is 134 Å². The Kier molecular flexibility index (Phi) is 3.45. The molecular formula is C14H13BrINO2. The molecule has 0 bridgehead atoms. The first-order valence-electron chi connectivity index (χ1n) is 6.36. The Morgan fingerprint density at radius 1 is 1.21 bits per heavy atom. The van der Waals surface area contributed by atoms with Gasteiger partial charge in [-0.25, -0.2) is 0 Å². The average molecular weight is 434 g/mol. The van der Waals surface area contributed by atoms with Crippen molar-refractivity contribution in [2.24, 2.45) is 5.41 Å². The van der Waals surface area contributed by atoms with Gasteiger partial charge in [0.15, 0.2) is 0 Å². The molecule has 1 aliphatic carbocycles. The number of benzene rings is 1. The molecule has 2 amide bonds. The van der Waals surface area contributed by atoms with E-state index in [1.807, 2.05) is 18.2 Å². The van der Waals surface area contributed by atoms with Crippen LogP contribution in [0.2, 0.25) is 0 Å². The van der Waals surface area contributed by atoms with Crippen LogP contribution in [0.5, 0.6) is 0 Å². The Bertz CT molecular complexity index is 567. The summed E-state index contributed by atoms with van der Waals surface area (Å²) in [6.45, 7) is 0. The average Bonchev–Trinajstić information content (AvgIpc) is 2.91. The van der Waals surface area contributed by atoms with Gasteiger partial charge in [-0.3, -0.25) is 14.5 Å². The normalized spacial score (nSPS) is 21.7. The molecular weight excluding hydrogens is 421 g/mol. The monoisotopic (exact) mass is 433 g/mol. The first-order valence-corrected chi connectivity index (χ1v) is 8.23. The molecule has 1 heterocycles. The van der Waals surface area contributed by atoms with Crippen molar-refractivity contribution in [3.8, 4) is 0 Å². The molecule has 1 saturated carbocycles. The number of rotatable bonds is 1. The van der Waals surface area contributed by atoms with E-state index in [4.69, 9.17) is 0 Å². The van der Waals surface area contributed by atoms with Crippen molar-refractivity contribution >= 4 is 56.0 Å². The number of imide groups is 1. The second kappa shape index (κ2) is 4.84. The zero-order chi connectivity index (χ0) is 13.6. The molecule has 0 unspecified atom stereocenters. The van der Waals surface area contributed by atoms with Crippen LogP contribution < -0.4 is 4.90 Å². The molecule has 0 aromatic heterocycles. The van der Waals surface area contributed by atoms with Crippen molar-refractivity contribution in [2.75, 3.05) is 4.90 Å². The minimum Gasteiger partial charge on any atom is -0.274 e. The van der Waals surface area contributed by atoms with E-state index in [1.54, 1.807) is 0 Å². The van der Waals surface area contributed by atoms with Crippen molar-refractivity contribution in [1.29, 1.82) is 0 Å². The Morgan fingerprint density at radius 2 is 1.89 bits per heavy atom. The zero-order valence-corrected chi connectivity index (χ0v) is 14.0. The van der Waals surface area contributed by atoms with Crippen LogP contribution in [0.4, 0.5) is 5.69 Å². The fourth-order valence-electron chi connectivity index (χ4n) is 3.12. The Balaban J connectivity index is 1.98. The number of carbonyl (C=O) groups excluding carboxylic acids is 2. The van der Waals surface area contributed by atoms with Gasteiger partial charge in [-0.05, 0) is 69.6 Å². The van der Waals surface area contributed by atoms with E-state index in [2.05, 4.69) is 38.5 Å². The van der Waals surface area contributed by atoms with E-state index in [1.165, 1.54) is 4.90 Å². The van der Waals surface area contributed by atoms with E-state index < -0.39 is 5.41 Å². The van der Waals surface area contributed by atoms with Gasteiger partial charge in [-0.2, -0.15) is 0 Å². The molecule has 3 rings (SSSR count). The number of hydrogen-bond acceptors (Lipinski definition) is 2. The van der Waals surface area contributed by atoms with Crippen LogP contribution in [0.1, 0.15) is 32.1 Å². The summed E-state index contributed by atoms with van der Waals surface area (Å²) in [5, 5.41) is 0. The number of halogens is 2. The molecule has 2 fully saturated rings. The largest absolute Gasteiger partial charge is 0.274 e. The maximum absolute atomic E-state index is 12.6. The maximum atomic E-state index is 12.6. The summed E-state index contributed by atoms with van der Waals surface area (Å²) >= 11 is 5.66. The highest BCUT2D eigenvalue weighted by Crippen LogP contribution is 2.48. The van der Waals surface area contributed by atoms with Crippen molar-refractivity contribution in [2.45, 2.75) is 32.1 Å². The van der Waals surface area contributed by atoms with Gasteiger partial charge < -0.3 is 0 Å². The van der Waals surface area contributed by atoms with Gasteiger partial charge in [0, 0.05) is 14.5 Å². The number of anilines is 1. The Morgan fingerprint density at radius 3 is 2.53 bits per heavy atom. The van der Waals surface area contributed by atoms with Crippen LogP contribution in [-0.4, -0.2) is 11.8 Å². The smallest absolute Gasteiger partial charge is 0.240 e. The molecule has 0 N–H and O–H groups in total. The predicted octanol–water partition coefficient (Wildman–Crippen LogP) is 3.88. The molecule has 1 aliphatic heterocycles. The molecule has 3 nitrogen and oxygen atoms in total. The third-order valence-electron chi connectivity index (χ3n) is 4.12. The number of amides is 2. The van der Waals surface area contributed by atoms with Crippen molar-refractivity contribution in [3.63, 3.8) is 0 Å². The van der Waals surface area contributed by atoms with Crippen molar-refractivity contribution in [3.05, 3.63) is 26.2 Å². The lowest BCUT2D eigenvalue weighted by atomic mass is 9.84. The molecule has 1 aromatic rings. The van der Waals surface area contributed by atoms with Gasteiger partial charge in [-0.15, -0.1) is 0 Å². The lowest BCUT2D eigenvalue weighted by Gasteiger charge is -2.21. The second-order valence-electron chi connectivity index (χ2n) is 5.30. The standard InChI is InChI=1S/C14H13BrINO2/c15-10-7-9(3-4-11(10)16)17-12(18)8-14(13(17)19)5-1-2-6-14/h3-4,7H,1-2,5-6,8H2. The van der Waals surface area contributed by atoms with Crippen molar-refractivity contribution in [1.82, 2.24) is 0 Å². The number of nitrogens with zero attached hydrogens (tertiary/aromatic N) is 1. The summed E-state index contributed by atoms with van der Waals surface area (Å²) in [6.07, 6.45) is 4.22. The lowest BCUT2D eigenvalue weighted by molar-refractivity contribution is -0.125. The summed E-state index contributed by atoms with van der Waals surface area (Å²) in [5.41, 5.74) is 0.290. The van der Waals surface area contributed by atoms with Crippen LogP contribution in [0.25, 0.3) is 0 Å². The molecule has 1 saturated heterocycles. The maximum Gasteiger partial charge on any atom is 0.240 e. The first-order chi connectivity index (χ1) is 9.03. The fourth-order valence-corrected chi connectivity index (χ4v) is 3.82. The quantitative estimate of drug-likeness (QED) is 0.497. The lowest BCUT2D eigenvalue weighted by Crippen LogP contribution is -2.34. The van der Waals surface area contributed by atoms with E-state index in [9.17, 15) is 9.59 Å². The zero-order valence-electron chi connectivity index (χ0n) is 10.3. The highest BCUT2D eigenvalue weighted by molar-refractivity contribution is 14.1. The summed E-state index contributed by atoms with van der Waals surface area (Å²) in [7, 11) is 0. The molecule has 1 spiro atoms. The molecule has 5 heteroatoms. The highest BCUT2D eigenvalue weighted by atomic mass is 127.